The number of benzene rings is 1. The van der Waals surface area contributed by atoms with Gasteiger partial charge in [0.2, 0.25) is 11.8 Å². The molecule has 0 aliphatic carbocycles. The van der Waals surface area contributed by atoms with E-state index in [0.29, 0.717) is 5.69 Å². The Kier molecular flexibility index (Phi) is 3.83. The lowest BCUT2D eigenvalue weighted by Gasteiger charge is -2.15. The third-order valence-electron chi connectivity index (χ3n) is 2.16. The van der Waals surface area contributed by atoms with Crippen LogP contribution in [0.4, 0.5) is 11.4 Å². The molecule has 0 saturated carbocycles. The van der Waals surface area contributed by atoms with Crippen LogP contribution in [0.1, 0.15) is 6.92 Å². The molecule has 2 amide bonds. The minimum absolute atomic E-state index is 0.0628. The highest BCUT2D eigenvalue weighted by molar-refractivity contribution is 5.99. The van der Waals surface area contributed by atoms with Crippen LogP contribution in [0, 0.1) is 0 Å². The van der Waals surface area contributed by atoms with E-state index in [9.17, 15) is 9.59 Å². The predicted molar refractivity (Wildman–Crippen MR) is 64.4 cm³/mol. The number of hydrogen-bond acceptors (Lipinski definition) is 2. The molecule has 4 nitrogen and oxygen atoms in total. The molecule has 84 valence electrons. The third-order valence-corrected chi connectivity index (χ3v) is 2.16. The smallest absolute Gasteiger partial charge is 0.247 e. The van der Waals surface area contributed by atoms with E-state index >= 15 is 0 Å². The van der Waals surface area contributed by atoms with Gasteiger partial charge < -0.3 is 10.2 Å². The van der Waals surface area contributed by atoms with Crippen LogP contribution in [0.15, 0.2) is 36.9 Å². The fourth-order valence-electron chi connectivity index (χ4n) is 1.17. The van der Waals surface area contributed by atoms with Crippen molar-refractivity contribution in [3.05, 3.63) is 36.9 Å². The Morgan fingerprint density at radius 1 is 1.44 bits per heavy atom. The zero-order valence-electron chi connectivity index (χ0n) is 9.36. The maximum atomic E-state index is 11.2. The van der Waals surface area contributed by atoms with Gasteiger partial charge in [0.25, 0.3) is 0 Å². The molecule has 0 unspecified atom stereocenters. The van der Waals surface area contributed by atoms with Crippen LogP contribution in [0.5, 0.6) is 0 Å². The molecule has 0 radical (unpaired) electrons. The highest BCUT2D eigenvalue weighted by atomic mass is 16.2. The molecule has 0 aliphatic rings. The largest absolute Gasteiger partial charge is 0.322 e. The van der Waals surface area contributed by atoms with Crippen LogP contribution in [-0.2, 0) is 9.59 Å². The second kappa shape index (κ2) is 5.11. The predicted octanol–water partition coefficient (Wildman–Crippen LogP) is 1.79. The number of carbonyl (C=O) groups is 2. The number of nitrogens with zero attached hydrogens (tertiary/aromatic N) is 1. The lowest BCUT2D eigenvalue weighted by atomic mass is 10.2. The summed E-state index contributed by atoms with van der Waals surface area (Å²) in [6.45, 7) is 4.85. The van der Waals surface area contributed by atoms with Crippen molar-refractivity contribution < 1.29 is 9.59 Å². The van der Waals surface area contributed by atoms with Gasteiger partial charge in [-0.1, -0.05) is 12.6 Å². The summed E-state index contributed by atoms with van der Waals surface area (Å²) in [7, 11) is 1.68. The molecule has 0 bridgehead atoms. The molecule has 0 atom stereocenters. The lowest BCUT2D eigenvalue weighted by Crippen LogP contribution is -2.22. The molecule has 0 spiro atoms. The van der Waals surface area contributed by atoms with Gasteiger partial charge in [0.1, 0.15) is 0 Å². The molecule has 0 saturated heterocycles. The molecule has 1 aromatic carbocycles. The lowest BCUT2D eigenvalue weighted by molar-refractivity contribution is -0.116. The fraction of sp³-hybridized carbons (Fsp3) is 0.167. The van der Waals surface area contributed by atoms with Crippen molar-refractivity contribution in [1.29, 1.82) is 0 Å². The van der Waals surface area contributed by atoms with Crippen molar-refractivity contribution in [2.45, 2.75) is 6.92 Å². The Hall–Kier alpha value is -2.10. The summed E-state index contributed by atoms with van der Waals surface area (Å²) in [6, 6.07) is 7.04. The summed E-state index contributed by atoms with van der Waals surface area (Å²) in [5.74, 6) is -0.338. The molecular weight excluding hydrogens is 204 g/mol. The van der Waals surface area contributed by atoms with E-state index in [-0.39, 0.29) is 11.8 Å². The average Bonchev–Trinajstić information content (AvgIpc) is 2.28. The van der Waals surface area contributed by atoms with E-state index in [4.69, 9.17) is 0 Å². The van der Waals surface area contributed by atoms with Crippen molar-refractivity contribution in [2.24, 2.45) is 0 Å². The first kappa shape index (κ1) is 12.0. The highest BCUT2D eigenvalue weighted by Crippen LogP contribution is 2.18. The highest BCUT2D eigenvalue weighted by Gasteiger charge is 2.06. The van der Waals surface area contributed by atoms with Crippen molar-refractivity contribution in [3.63, 3.8) is 0 Å². The van der Waals surface area contributed by atoms with E-state index in [1.54, 1.807) is 31.3 Å². The maximum Gasteiger partial charge on any atom is 0.247 e. The number of carbonyl (C=O) groups excluding carboxylic acids is 2. The Balaban J connectivity index is 2.90. The van der Waals surface area contributed by atoms with Gasteiger partial charge in [0.15, 0.2) is 0 Å². The number of rotatable bonds is 3. The number of hydrogen-bond donors (Lipinski definition) is 1. The summed E-state index contributed by atoms with van der Waals surface area (Å²) in [4.78, 5) is 23.7. The van der Waals surface area contributed by atoms with Gasteiger partial charge >= 0.3 is 0 Å². The van der Waals surface area contributed by atoms with Gasteiger partial charge in [-0.2, -0.15) is 0 Å². The Morgan fingerprint density at radius 2 is 2.12 bits per heavy atom. The first-order chi connectivity index (χ1) is 7.54. The van der Waals surface area contributed by atoms with E-state index in [0.717, 1.165) is 5.69 Å². The van der Waals surface area contributed by atoms with Gasteiger partial charge in [0, 0.05) is 25.3 Å². The van der Waals surface area contributed by atoms with E-state index in [1.165, 1.54) is 17.9 Å². The SMILES string of the molecule is C=CC(=O)Nc1cccc(N(C)C(C)=O)c1. The molecule has 16 heavy (non-hydrogen) atoms. The summed E-state index contributed by atoms with van der Waals surface area (Å²) >= 11 is 0. The number of anilines is 2. The quantitative estimate of drug-likeness (QED) is 0.786. The van der Waals surface area contributed by atoms with Crippen LogP contribution in [0.2, 0.25) is 0 Å². The fourth-order valence-corrected chi connectivity index (χ4v) is 1.17. The molecule has 0 fully saturated rings. The van der Waals surface area contributed by atoms with Gasteiger partial charge in [-0.15, -0.1) is 0 Å². The minimum Gasteiger partial charge on any atom is -0.322 e. The first-order valence-electron chi connectivity index (χ1n) is 4.82. The summed E-state index contributed by atoms with van der Waals surface area (Å²) in [5.41, 5.74) is 1.37. The Bertz CT molecular complexity index is 427. The molecular formula is C12H14N2O2. The molecule has 1 rings (SSSR count). The second-order valence-electron chi connectivity index (χ2n) is 3.32. The summed E-state index contributed by atoms with van der Waals surface area (Å²) in [6.07, 6.45) is 1.20. The zero-order chi connectivity index (χ0) is 12.1. The monoisotopic (exact) mass is 218 g/mol. The van der Waals surface area contributed by atoms with Crippen LogP contribution < -0.4 is 10.2 Å². The normalized spacial score (nSPS) is 9.38. The van der Waals surface area contributed by atoms with Crippen LogP contribution in [0.3, 0.4) is 0 Å². The summed E-state index contributed by atoms with van der Waals surface area (Å²) in [5, 5.41) is 2.63. The molecule has 1 aromatic rings. The average molecular weight is 218 g/mol. The number of nitrogens with one attached hydrogen (secondary N) is 1. The number of amides is 2. The van der Waals surface area contributed by atoms with Crippen molar-refractivity contribution in [1.82, 2.24) is 0 Å². The van der Waals surface area contributed by atoms with Crippen molar-refractivity contribution >= 4 is 23.2 Å². The van der Waals surface area contributed by atoms with Crippen LogP contribution in [-0.4, -0.2) is 18.9 Å². The topological polar surface area (TPSA) is 49.4 Å². The van der Waals surface area contributed by atoms with Crippen molar-refractivity contribution in [3.8, 4) is 0 Å². The van der Waals surface area contributed by atoms with E-state index in [2.05, 4.69) is 11.9 Å². The van der Waals surface area contributed by atoms with Gasteiger partial charge in [0.05, 0.1) is 0 Å². The first-order valence-corrected chi connectivity index (χ1v) is 4.82. The molecule has 0 aliphatic heterocycles. The van der Waals surface area contributed by atoms with Gasteiger partial charge in [-0.05, 0) is 24.3 Å². The van der Waals surface area contributed by atoms with Gasteiger partial charge in [-0.25, -0.2) is 0 Å². The zero-order valence-corrected chi connectivity index (χ0v) is 9.36. The molecule has 1 N–H and O–H groups in total. The summed E-state index contributed by atoms with van der Waals surface area (Å²) < 4.78 is 0. The van der Waals surface area contributed by atoms with Crippen LogP contribution in [0.25, 0.3) is 0 Å². The van der Waals surface area contributed by atoms with E-state index < -0.39 is 0 Å². The second-order valence-corrected chi connectivity index (χ2v) is 3.32. The minimum atomic E-state index is -0.275. The standard InChI is InChI=1S/C12H14N2O2/c1-4-12(16)13-10-6-5-7-11(8-10)14(3)9(2)15/h4-8H,1H2,2-3H3,(H,13,16). The molecule has 0 heterocycles. The van der Waals surface area contributed by atoms with Crippen LogP contribution >= 0.6 is 0 Å². The Labute approximate surface area is 94.6 Å². The van der Waals surface area contributed by atoms with Crippen molar-refractivity contribution in [2.75, 3.05) is 17.3 Å². The van der Waals surface area contributed by atoms with Gasteiger partial charge in [-0.3, -0.25) is 9.59 Å². The third kappa shape index (κ3) is 2.95. The maximum absolute atomic E-state index is 11.2. The molecule has 4 heteroatoms. The Morgan fingerprint density at radius 3 is 2.69 bits per heavy atom. The van der Waals surface area contributed by atoms with E-state index in [1.807, 2.05) is 0 Å². The molecule has 0 aromatic heterocycles.